The molecule has 108 valence electrons. The van der Waals surface area contributed by atoms with E-state index in [1.165, 1.54) is 3.57 Å². The number of alkyl halides is 1. The molecule has 2 aromatic heterocycles. The highest BCUT2D eigenvalue weighted by atomic mass is 127. The molecule has 0 amide bonds. The number of imidazole rings is 1. The summed E-state index contributed by atoms with van der Waals surface area (Å²) in [5.41, 5.74) is 3.11. The molecule has 0 spiro atoms. The van der Waals surface area contributed by atoms with Crippen LogP contribution in [0.5, 0.6) is 0 Å². The van der Waals surface area contributed by atoms with Gasteiger partial charge in [-0.25, -0.2) is 15.0 Å². The van der Waals surface area contributed by atoms with E-state index in [4.69, 9.17) is 16.6 Å². The van der Waals surface area contributed by atoms with Crippen molar-refractivity contribution in [3.8, 4) is 0 Å². The first-order valence-corrected chi connectivity index (χ1v) is 8.28. The summed E-state index contributed by atoms with van der Waals surface area (Å²) in [6.07, 6.45) is 2.54. The van der Waals surface area contributed by atoms with E-state index in [-0.39, 0.29) is 0 Å². The van der Waals surface area contributed by atoms with Crippen LogP contribution in [0.25, 0.3) is 11.0 Å². The van der Waals surface area contributed by atoms with Gasteiger partial charge in [-0.15, -0.1) is 11.6 Å². The highest BCUT2D eigenvalue weighted by molar-refractivity contribution is 14.1. The zero-order valence-electron chi connectivity index (χ0n) is 11.6. The van der Waals surface area contributed by atoms with E-state index in [0.717, 1.165) is 34.8 Å². The van der Waals surface area contributed by atoms with Crippen molar-refractivity contribution in [2.45, 2.75) is 19.9 Å². The monoisotopic (exact) mass is 412 g/mol. The van der Waals surface area contributed by atoms with Crippen molar-refractivity contribution in [1.29, 1.82) is 0 Å². The van der Waals surface area contributed by atoms with E-state index in [1.807, 2.05) is 13.0 Å². The van der Waals surface area contributed by atoms with Crippen LogP contribution in [0.3, 0.4) is 0 Å². The minimum atomic E-state index is 0.559. The molecule has 21 heavy (non-hydrogen) atoms. The topological polar surface area (TPSA) is 43.6 Å². The molecule has 0 bridgehead atoms. The Morgan fingerprint density at radius 1 is 1.24 bits per heavy atom. The summed E-state index contributed by atoms with van der Waals surface area (Å²) in [6.45, 7) is 2.59. The van der Waals surface area contributed by atoms with Crippen LogP contribution in [-0.4, -0.2) is 25.4 Å². The zero-order chi connectivity index (χ0) is 14.8. The predicted molar refractivity (Wildman–Crippen MR) is 92.7 cm³/mol. The summed E-state index contributed by atoms with van der Waals surface area (Å²) < 4.78 is 3.37. The number of aromatic nitrogens is 4. The third-order valence-electron chi connectivity index (χ3n) is 3.26. The highest BCUT2D eigenvalue weighted by Crippen LogP contribution is 2.20. The van der Waals surface area contributed by atoms with E-state index in [1.54, 1.807) is 6.20 Å². The SMILES string of the molecule is Cc1nccc(Cn2c(CCCl)nc3cc(I)ccc32)n1. The third-order valence-corrected chi connectivity index (χ3v) is 4.12. The summed E-state index contributed by atoms with van der Waals surface area (Å²) in [6, 6.07) is 8.23. The van der Waals surface area contributed by atoms with Gasteiger partial charge in [0, 0.05) is 22.1 Å². The van der Waals surface area contributed by atoms with Crippen molar-refractivity contribution >= 4 is 45.2 Å². The van der Waals surface area contributed by atoms with Gasteiger partial charge in [0.2, 0.25) is 0 Å². The van der Waals surface area contributed by atoms with Crippen LogP contribution in [0.4, 0.5) is 0 Å². The molecule has 0 N–H and O–H groups in total. The van der Waals surface area contributed by atoms with E-state index in [9.17, 15) is 0 Å². The number of aryl methyl sites for hydroxylation is 2. The van der Waals surface area contributed by atoms with Crippen molar-refractivity contribution < 1.29 is 0 Å². The molecular formula is C15H14ClIN4. The van der Waals surface area contributed by atoms with Gasteiger partial charge in [0.05, 0.1) is 23.3 Å². The Kier molecular flexibility index (Phi) is 4.40. The maximum absolute atomic E-state index is 5.91. The lowest BCUT2D eigenvalue weighted by atomic mass is 10.3. The Hall–Kier alpha value is -1.21. The quantitative estimate of drug-likeness (QED) is 0.486. The number of hydrogen-bond donors (Lipinski definition) is 0. The summed E-state index contributed by atoms with van der Waals surface area (Å²) in [7, 11) is 0. The average Bonchev–Trinajstić information content (AvgIpc) is 2.76. The van der Waals surface area contributed by atoms with Crippen LogP contribution in [0.15, 0.2) is 30.5 Å². The lowest BCUT2D eigenvalue weighted by Crippen LogP contribution is -2.08. The van der Waals surface area contributed by atoms with Gasteiger partial charge < -0.3 is 4.57 Å². The minimum absolute atomic E-state index is 0.559. The number of rotatable bonds is 4. The van der Waals surface area contributed by atoms with Crippen molar-refractivity contribution in [2.24, 2.45) is 0 Å². The van der Waals surface area contributed by atoms with Crippen molar-refractivity contribution in [3.05, 3.63) is 51.4 Å². The molecule has 0 atom stereocenters. The second-order valence-electron chi connectivity index (χ2n) is 4.78. The van der Waals surface area contributed by atoms with Gasteiger partial charge in [-0.05, 0) is 53.8 Å². The smallest absolute Gasteiger partial charge is 0.125 e. The van der Waals surface area contributed by atoms with Crippen LogP contribution in [0.2, 0.25) is 0 Å². The summed E-state index contributed by atoms with van der Waals surface area (Å²) in [5.74, 6) is 2.34. The molecule has 0 saturated carbocycles. The van der Waals surface area contributed by atoms with Crippen LogP contribution in [0, 0.1) is 10.5 Å². The summed E-state index contributed by atoms with van der Waals surface area (Å²) in [5, 5.41) is 0. The van der Waals surface area contributed by atoms with E-state index in [2.05, 4.69) is 55.3 Å². The number of halogens is 2. The van der Waals surface area contributed by atoms with Gasteiger partial charge in [-0.3, -0.25) is 0 Å². The Balaban J connectivity index is 2.08. The molecule has 1 aromatic carbocycles. The van der Waals surface area contributed by atoms with Gasteiger partial charge in [-0.1, -0.05) is 0 Å². The molecule has 4 nitrogen and oxygen atoms in total. The fourth-order valence-corrected chi connectivity index (χ4v) is 3.00. The molecule has 0 unspecified atom stereocenters. The second kappa shape index (κ2) is 6.27. The van der Waals surface area contributed by atoms with Gasteiger partial charge in [-0.2, -0.15) is 0 Å². The second-order valence-corrected chi connectivity index (χ2v) is 6.40. The van der Waals surface area contributed by atoms with Gasteiger partial charge in [0.25, 0.3) is 0 Å². The fourth-order valence-electron chi connectivity index (χ4n) is 2.36. The lowest BCUT2D eigenvalue weighted by molar-refractivity contribution is 0.731. The maximum Gasteiger partial charge on any atom is 0.125 e. The van der Waals surface area contributed by atoms with Crippen LogP contribution < -0.4 is 0 Å². The largest absolute Gasteiger partial charge is 0.322 e. The molecule has 3 aromatic rings. The number of nitrogens with zero attached hydrogens (tertiary/aromatic N) is 4. The molecule has 0 aliphatic heterocycles. The van der Waals surface area contributed by atoms with Crippen molar-refractivity contribution in [1.82, 2.24) is 19.5 Å². The molecule has 2 heterocycles. The Morgan fingerprint density at radius 3 is 2.86 bits per heavy atom. The average molecular weight is 413 g/mol. The molecule has 0 aliphatic carbocycles. The normalized spacial score (nSPS) is 11.2. The van der Waals surface area contributed by atoms with Gasteiger partial charge in [0.15, 0.2) is 0 Å². The molecule has 6 heteroatoms. The van der Waals surface area contributed by atoms with E-state index >= 15 is 0 Å². The standard InChI is InChI=1S/C15H14ClIN4/c1-10-18-7-5-12(19-10)9-21-14-3-2-11(17)8-13(14)20-15(21)4-6-16/h2-3,5,7-8H,4,6,9H2,1H3. The molecule has 0 radical (unpaired) electrons. The van der Waals surface area contributed by atoms with Crippen LogP contribution in [-0.2, 0) is 13.0 Å². The summed E-state index contributed by atoms with van der Waals surface area (Å²) in [4.78, 5) is 13.3. The van der Waals surface area contributed by atoms with Crippen LogP contribution >= 0.6 is 34.2 Å². The van der Waals surface area contributed by atoms with Crippen molar-refractivity contribution in [3.63, 3.8) is 0 Å². The van der Waals surface area contributed by atoms with E-state index < -0.39 is 0 Å². The lowest BCUT2D eigenvalue weighted by Gasteiger charge is -2.08. The van der Waals surface area contributed by atoms with Gasteiger partial charge >= 0.3 is 0 Å². The molecule has 0 saturated heterocycles. The minimum Gasteiger partial charge on any atom is -0.322 e. The highest BCUT2D eigenvalue weighted by Gasteiger charge is 2.11. The maximum atomic E-state index is 5.91. The third kappa shape index (κ3) is 3.18. The van der Waals surface area contributed by atoms with Gasteiger partial charge in [0.1, 0.15) is 11.6 Å². The van der Waals surface area contributed by atoms with Crippen molar-refractivity contribution in [2.75, 3.05) is 5.88 Å². The number of fused-ring (bicyclic) bond motifs is 1. The zero-order valence-corrected chi connectivity index (χ0v) is 14.5. The fraction of sp³-hybridized carbons (Fsp3) is 0.267. The first-order chi connectivity index (χ1) is 10.2. The predicted octanol–water partition coefficient (Wildman–Crippen LogP) is 3.57. The Bertz CT molecular complexity index is 784. The number of benzene rings is 1. The number of hydrogen-bond acceptors (Lipinski definition) is 3. The van der Waals surface area contributed by atoms with E-state index in [0.29, 0.717) is 12.4 Å². The first-order valence-electron chi connectivity index (χ1n) is 6.66. The van der Waals surface area contributed by atoms with Crippen LogP contribution in [0.1, 0.15) is 17.3 Å². The molecule has 3 rings (SSSR count). The molecule has 0 fully saturated rings. The first kappa shape index (κ1) is 14.7. The Morgan fingerprint density at radius 2 is 2.10 bits per heavy atom. The molecular weight excluding hydrogens is 399 g/mol. The Labute approximate surface area is 141 Å². The molecule has 0 aliphatic rings. The summed E-state index contributed by atoms with van der Waals surface area (Å²) >= 11 is 8.22.